The van der Waals surface area contributed by atoms with Gasteiger partial charge in [-0.2, -0.15) is 0 Å². The zero-order chi connectivity index (χ0) is 15.8. The fraction of sp³-hybridized carbons (Fsp3) is 0.333. The fourth-order valence-corrected chi connectivity index (χ4v) is 4.09. The number of nitrogens with one attached hydrogen (secondary N) is 2. The zero-order valence-corrected chi connectivity index (χ0v) is 13.6. The predicted molar refractivity (Wildman–Crippen MR) is 96.6 cm³/mol. The van der Waals surface area contributed by atoms with Gasteiger partial charge in [0.15, 0.2) is 5.11 Å². The molecule has 1 aliphatic heterocycles. The molecule has 4 nitrogen and oxygen atoms in total. The van der Waals surface area contributed by atoms with Crippen LogP contribution in [-0.2, 0) is 0 Å². The summed E-state index contributed by atoms with van der Waals surface area (Å²) in [7, 11) is 0. The number of carbonyl (C=O) groups is 1. The second-order valence-corrected chi connectivity index (χ2v) is 6.62. The van der Waals surface area contributed by atoms with Gasteiger partial charge < -0.3 is 10.6 Å². The van der Waals surface area contributed by atoms with Crippen LogP contribution in [0.4, 0.5) is 10.5 Å². The summed E-state index contributed by atoms with van der Waals surface area (Å²) in [5, 5.41) is 9.07. The molecule has 1 aliphatic carbocycles. The third-order valence-electron chi connectivity index (χ3n) is 4.84. The molecule has 2 amide bonds. The first-order valence-corrected chi connectivity index (χ1v) is 8.53. The molecule has 1 saturated carbocycles. The molecular weight excluding hydrogens is 306 g/mol. The molecule has 5 heteroatoms. The zero-order valence-electron chi connectivity index (χ0n) is 12.8. The Morgan fingerprint density at radius 1 is 1.13 bits per heavy atom. The van der Waals surface area contributed by atoms with Crippen molar-refractivity contribution in [2.45, 2.75) is 37.8 Å². The van der Waals surface area contributed by atoms with Crippen LogP contribution in [0.3, 0.4) is 0 Å². The summed E-state index contributed by atoms with van der Waals surface area (Å²) in [6.07, 6.45) is 4.46. The molecular formula is C18H19N3OS. The number of carbonyl (C=O) groups excluding carboxylic acids is 1. The molecule has 4 rings (SSSR count). The lowest BCUT2D eigenvalue weighted by Gasteiger charge is -2.29. The highest BCUT2D eigenvalue weighted by molar-refractivity contribution is 7.80. The Morgan fingerprint density at radius 3 is 2.83 bits per heavy atom. The fourth-order valence-electron chi connectivity index (χ4n) is 3.72. The molecule has 2 unspecified atom stereocenters. The van der Waals surface area contributed by atoms with Crippen LogP contribution in [0.2, 0.25) is 0 Å². The quantitative estimate of drug-likeness (QED) is 0.782. The van der Waals surface area contributed by atoms with Crippen molar-refractivity contribution in [1.29, 1.82) is 0 Å². The van der Waals surface area contributed by atoms with Gasteiger partial charge in [0.1, 0.15) is 0 Å². The first-order chi connectivity index (χ1) is 11.2. The average Bonchev–Trinajstić information content (AvgIpc) is 2.91. The van der Waals surface area contributed by atoms with E-state index in [1.807, 2.05) is 42.5 Å². The SMILES string of the molecule is O=C(Nc1cccc2ccccc12)N1C(=S)NC2CCCCC21. The Morgan fingerprint density at radius 2 is 1.91 bits per heavy atom. The lowest BCUT2D eigenvalue weighted by Crippen LogP contribution is -2.44. The molecule has 0 aromatic heterocycles. The van der Waals surface area contributed by atoms with Gasteiger partial charge in [0.2, 0.25) is 0 Å². The van der Waals surface area contributed by atoms with Crippen LogP contribution in [0.5, 0.6) is 0 Å². The van der Waals surface area contributed by atoms with E-state index in [1.54, 1.807) is 4.90 Å². The maximum Gasteiger partial charge on any atom is 0.328 e. The molecule has 0 bridgehead atoms. The highest BCUT2D eigenvalue weighted by atomic mass is 32.1. The largest absolute Gasteiger partial charge is 0.357 e. The summed E-state index contributed by atoms with van der Waals surface area (Å²) in [5.74, 6) is 0. The Labute approximate surface area is 140 Å². The van der Waals surface area contributed by atoms with E-state index >= 15 is 0 Å². The minimum absolute atomic E-state index is 0.131. The number of hydrogen-bond donors (Lipinski definition) is 2. The standard InChI is InChI=1S/C18H19N3OS/c22-17(21-16-11-4-3-9-15(16)20-18(21)23)19-14-10-5-7-12-6-1-2-8-13(12)14/h1-2,5-8,10,15-16H,3-4,9,11H2,(H,19,22)(H,20,23). The van der Waals surface area contributed by atoms with E-state index in [-0.39, 0.29) is 12.1 Å². The van der Waals surface area contributed by atoms with Crippen molar-refractivity contribution in [3.63, 3.8) is 0 Å². The van der Waals surface area contributed by atoms with Crippen molar-refractivity contribution in [3.8, 4) is 0 Å². The molecule has 2 fully saturated rings. The minimum Gasteiger partial charge on any atom is -0.357 e. The topological polar surface area (TPSA) is 44.4 Å². The van der Waals surface area contributed by atoms with Gasteiger partial charge in [0, 0.05) is 11.4 Å². The summed E-state index contributed by atoms with van der Waals surface area (Å²) < 4.78 is 0. The summed E-state index contributed by atoms with van der Waals surface area (Å²) >= 11 is 5.40. The van der Waals surface area contributed by atoms with E-state index in [2.05, 4.69) is 10.6 Å². The van der Waals surface area contributed by atoms with E-state index in [1.165, 1.54) is 6.42 Å². The highest BCUT2D eigenvalue weighted by Crippen LogP contribution is 2.29. The molecule has 1 saturated heterocycles. The number of benzene rings is 2. The lowest BCUT2D eigenvalue weighted by atomic mass is 9.91. The summed E-state index contributed by atoms with van der Waals surface area (Å²) in [6.45, 7) is 0. The van der Waals surface area contributed by atoms with E-state index in [9.17, 15) is 4.79 Å². The number of amides is 2. The molecule has 2 atom stereocenters. The number of hydrogen-bond acceptors (Lipinski definition) is 2. The van der Waals surface area contributed by atoms with E-state index in [4.69, 9.17) is 12.2 Å². The van der Waals surface area contributed by atoms with Crippen LogP contribution < -0.4 is 10.6 Å². The van der Waals surface area contributed by atoms with Gasteiger partial charge in [0.05, 0.1) is 11.7 Å². The second kappa shape index (κ2) is 5.81. The van der Waals surface area contributed by atoms with Gasteiger partial charge in [-0.25, -0.2) is 4.79 Å². The van der Waals surface area contributed by atoms with Gasteiger partial charge in [0.25, 0.3) is 0 Å². The second-order valence-electron chi connectivity index (χ2n) is 6.23. The molecule has 23 heavy (non-hydrogen) atoms. The van der Waals surface area contributed by atoms with Crippen LogP contribution >= 0.6 is 12.2 Å². The molecule has 1 heterocycles. The third kappa shape index (κ3) is 2.55. The van der Waals surface area contributed by atoms with E-state index < -0.39 is 0 Å². The van der Waals surface area contributed by atoms with Gasteiger partial charge in [-0.15, -0.1) is 0 Å². The summed E-state index contributed by atoms with van der Waals surface area (Å²) in [6, 6.07) is 14.4. The minimum atomic E-state index is -0.131. The van der Waals surface area contributed by atoms with Crippen molar-refractivity contribution in [2.75, 3.05) is 5.32 Å². The van der Waals surface area contributed by atoms with Crippen LogP contribution in [0.1, 0.15) is 25.7 Å². The Bertz CT molecular complexity index is 770. The normalized spacial score (nSPS) is 23.5. The smallest absolute Gasteiger partial charge is 0.328 e. The predicted octanol–water partition coefficient (Wildman–Crippen LogP) is 3.87. The lowest BCUT2D eigenvalue weighted by molar-refractivity contribution is 0.212. The number of thiocarbonyl (C=S) groups is 1. The first kappa shape index (κ1) is 14.5. The summed E-state index contributed by atoms with van der Waals surface area (Å²) in [4.78, 5) is 14.5. The molecule has 2 aliphatic rings. The number of nitrogens with zero attached hydrogens (tertiary/aromatic N) is 1. The number of anilines is 1. The monoisotopic (exact) mass is 325 g/mol. The summed E-state index contributed by atoms with van der Waals surface area (Å²) in [5.41, 5.74) is 0.829. The van der Waals surface area contributed by atoms with E-state index in [0.717, 1.165) is 35.7 Å². The van der Waals surface area contributed by atoms with Crippen molar-refractivity contribution in [1.82, 2.24) is 10.2 Å². The van der Waals surface area contributed by atoms with Crippen LogP contribution in [0, 0.1) is 0 Å². The molecule has 2 aromatic rings. The van der Waals surface area contributed by atoms with Gasteiger partial charge >= 0.3 is 6.03 Å². The molecule has 2 aromatic carbocycles. The maximum atomic E-state index is 12.8. The molecule has 0 radical (unpaired) electrons. The van der Waals surface area contributed by atoms with Crippen LogP contribution in [0.25, 0.3) is 10.8 Å². The van der Waals surface area contributed by atoms with Crippen molar-refractivity contribution in [3.05, 3.63) is 42.5 Å². The molecule has 0 spiro atoms. The third-order valence-corrected chi connectivity index (χ3v) is 5.15. The maximum absolute atomic E-state index is 12.8. The first-order valence-electron chi connectivity index (χ1n) is 8.12. The average molecular weight is 325 g/mol. The molecule has 118 valence electrons. The number of rotatable bonds is 1. The van der Waals surface area contributed by atoms with Crippen molar-refractivity contribution in [2.24, 2.45) is 0 Å². The van der Waals surface area contributed by atoms with Crippen LogP contribution in [-0.4, -0.2) is 28.1 Å². The highest BCUT2D eigenvalue weighted by Gasteiger charge is 2.41. The van der Waals surface area contributed by atoms with E-state index in [0.29, 0.717) is 11.2 Å². The number of fused-ring (bicyclic) bond motifs is 2. The van der Waals surface area contributed by atoms with Gasteiger partial charge in [-0.1, -0.05) is 49.2 Å². The van der Waals surface area contributed by atoms with Crippen molar-refractivity contribution >= 4 is 39.8 Å². The Hall–Kier alpha value is -2.14. The number of urea groups is 1. The Balaban J connectivity index is 1.61. The Kier molecular flexibility index (Phi) is 3.65. The van der Waals surface area contributed by atoms with Crippen molar-refractivity contribution < 1.29 is 4.79 Å². The molecule has 2 N–H and O–H groups in total. The van der Waals surface area contributed by atoms with Gasteiger partial charge in [-0.3, -0.25) is 4.90 Å². The van der Waals surface area contributed by atoms with Crippen LogP contribution in [0.15, 0.2) is 42.5 Å². The van der Waals surface area contributed by atoms with Gasteiger partial charge in [-0.05, 0) is 36.5 Å².